The summed E-state index contributed by atoms with van der Waals surface area (Å²) >= 11 is 5.24. The van der Waals surface area contributed by atoms with Crippen LogP contribution < -0.4 is 5.32 Å². The molecule has 0 aromatic carbocycles. The maximum Gasteiger partial charge on any atom is 0.137 e. The summed E-state index contributed by atoms with van der Waals surface area (Å²) in [5, 5.41) is 4.64. The summed E-state index contributed by atoms with van der Waals surface area (Å²) in [6, 6.07) is 8.28. The summed E-state index contributed by atoms with van der Waals surface area (Å²) < 4.78 is 1.18. The average Bonchev–Trinajstić information content (AvgIpc) is 2.97. The van der Waals surface area contributed by atoms with Gasteiger partial charge in [0.15, 0.2) is 0 Å². The largest absolute Gasteiger partial charge is 0.346 e. The number of hydrogen-bond acceptors (Lipinski definition) is 3. The summed E-state index contributed by atoms with van der Waals surface area (Å²) in [7, 11) is 0. The minimum absolute atomic E-state index is 0.848. The van der Waals surface area contributed by atoms with Crippen molar-refractivity contribution in [2.24, 2.45) is 0 Å². The SMILES string of the molecule is Brc1ccc(CNCc2c[nH]c3ncccc23)s1. The van der Waals surface area contributed by atoms with Gasteiger partial charge in [-0.1, -0.05) is 0 Å². The Morgan fingerprint density at radius 1 is 1.28 bits per heavy atom. The van der Waals surface area contributed by atoms with E-state index in [-0.39, 0.29) is 0 Å². The van der Waals surface area contributed by atoms with Crippen LogP contribution in [0.15, 0.2) is 40.4 Å². The lowest BCUT2D eigenvalue weighted by Gasteiger charge is -2.01. The lowest BCUT2D eigenvalue weighted by Crippen LogP contribution is -2.11. The number of aromatic nitrogens is 2. The first-order valence-corrected chi connectivity index (χ1v) is 7.30. The van der Waals surface area contributed by atoms with Crippen LogP contribution in [0.3, 0.4) is 0 Å². The monoisotopic (exact) mass is 321 g/mol. The number of H-pyrrole nitrogens is 1. The summed E-state index contributed by atoms with van der Waals surface area (Å²) in [6.45, 7) is 1.74. The van der Waals surface area contributed by atoms with Gasteiger partial charge in [-0.3, -0.25) is 0 Å². The quantitative estimate of drug-likeness (QED) is 0.769. The molecule has 92 valence electrons. The Bertz CT molecular complexity index is 659. The molecule has 3 nitrogen and oxygen atoms in total. The molecule has 2 N–H and O–H groups in total. The highest BCUT2D eigenvalue weighted by atomic mass is 79.9. The first-order chi connectivity index (χ1) is 8.83. The average molecular weight is 322 g/mol. The maximum absolute atomic E-state index is 4.28. The third-order valence-corrected chi connectivity index (χ3v) is 4.40. The Kier molecular flexibility index (Phi) is 3.45. The standard InChI is InChI=1S/C13H12BrN3S/c14-12-4-3-10(18-12)8-15-6-9-7-17-13-11(9)2-1-5-16-13/h1-5,7,15H,6,8H2,(H,16,17). The molecule has 0 aliphatic rings. The number of aromatic amines is 1. The molecule has 3 aromatic heterocycles. The van der Waals surface area contributed by atoms with Gasteiger partial charge < -0.3 is 10.3 Å². The molecule has 0 saturated carbocycles. The van der Waals surface area contributed by atoms with E-state index in [0.717, 1.165) is 18.7 Å². The van der Waals surface area contributed by atoms with Crippen molar-refractivity contribution in [2.75, 3.05) is 0 Å². The molecule has 5 heteroatoms. The first-order valence-electron chi connectivity index (χ1n) is 5.69. The van der Waals surface area contributed by atoms with E-state index in [1.54, 1.807) is 17.5 Å². The molecular formula is C13H12BrN3S. The van der Waals surface area contributed by atoms with Crippen molar-refractivity contribution in [1.29, 1.82) is 0 Å². The number of fused-ring (bicyclic) bond motifs is 1. The number of halogens is 1. The molecule has 3 aromatic rings. The zero-order valence-electron chi connectivity index (χ0n) is 9.61. The predicted octanol–water partition coefficient (Wildman–Crippen LogP) is 3.68. The van der Waals surface area contributed by atoms with E-state index >= 15 is 0 Å². The van der Waals surface area contributed by atoms with Gasteiger partial charge in [0.1, 0.15) is 5.65 Å². The second-order valence-electron chi connectivity index (χ2n) is 4.02. The molecule has 0 spiro atoms. The number of nitrogens with zero attached hydrogens (tertiary/aromatic N) is 1. The van der Waals surface area contributed by atoms with E-state index in [1.807, 2.05) is 12.3 Å². The van der Waals surface area contributed by atoms with Gasteiger partial charge in [-0.25, -0.2) is 4.98 Å². The van der Waals surface area contributed by atoms with Crippen LogP contribution in [-0.2, 0) is 13.1 Å². The Morgan fingerprint density at radius 2 is 2.22 bits per heavy atom. The van der Waals surface area contributed by atoms with Crippen LogP contribution in [0.2, 0.25) is 0 Å². The Hall–Kier alpha value is -1.17. The number of hydrogen-bond donors (Lipinski definition) is 2. The number of pyridine rings is 1. The Balaban J connectivity index is 1.66. The zero-order valence-corrected chi connectivity index (χ0v) is 12.0. The third-order valence-electron chi connectivity index (χ3n) is 2.78. The van der Waals surface area contributed by atoms with Gasteiger partial charge in [-0.2, -0.15) is 0 Å². The fraction of sp³-hybridized carbons (Fsp3) is 0.154. The van der Waals surface area contributed by atoms with E-state index < -0.39 is 0 Å². The van der Waals surface area contributed by atoms with Gasteiger partial charge in [0, 0.05) is 35.7 Å². The van der Waals surface area contributed by atoms with Crippen molar-refractivity contribution in [3.63, 3.8) is 0 Å². The van der Waals surface area contributed by atoms with Crippen molar-refractivity contribution in [2.45, 2.75) is 13.1 Å². The van der Waals surface area contributed by atoms with Crippen LogP contribution in [0.25, 0.3) is 11.0 Å². The molecule has 0 aliphatic carbocycles. The topological polar surface area (TPSA) is 40.7 Å². The van der Waals surface area contributed by atoms with Gasteiger partial charge in [-0.15, -0.1) is 11.3 Å². The molecule has 0 amide bonds. The van der Waals surface area contributed by atoms with E-state index in [4.69, 9.17) is 0 Å². The minimum atomic E-state index is 0.848. The van der Waals surface area contributed by atoms with Crippen LogP contribution in [0.5, 0.6) is 0 Å². The van der Waals surface area contributed by atoms with Crippen LogP contribution in [0, 0.1) is 0 Å². The molecular weight excluding hydrogens is 310 g/mol. The molecule has 0 aliphatic heterocycles. The van der Waals surface area contributed by atoms with Crippen LogP contribution in [0.1, 0.15) is 10.4 Å². The van der Waals surface area contributed by atoms with E-state index in [0.29, 0.717) is 0 Å². The summed E-state index contributed by atoms with van der Waals surface area (Å²) in [5.74, 6) is 0. The lowest BCUT2D eigenvalue weighted by atomic mass is 10.2. The molecule has 3 heterocycles. The molecule has 0 saturated heterocycles. The summed E-state index contributed by atoms with van der Waals surface area (Å²) in [4.78, 5) is 8.80. The predicted molar refractivity (Wildman–Crippen MR) is 78.7 cm³/mol. The van der Waals surface area contributed by atoms with Crippen LogP contribution >= 0.6 is 27.3 Å². The third kappa shape index (κ3) is 2.48. The van der Waals surface area contributed by atoms with Gasteiger partial charge in [0.2, 0.25) is 0 Å². The van der Waals surface area contributed by atoms with E-state index in [9.17, 15) is 0 Å². The highest BCUT2D eigenvalue weighted by Crippen LogP contribution is 2.22. The van der Waals surface area contributed by atoms with Crippen molar-refractivity contribution in [3.05, 3.63) is 50.9 Å². The van der Waals surface area contributed by atoms with Gasteiger partial charge in [-0.05, 0) is 45.8 Å². The lowest BCUT2D eigenvalue weighted by molar-refractivity contribution is 0.704. The zero-order chi connectivity index (χ0) is 12.4. The Labute approximate surface area is 117 Å². The number of nitrogens with one attached hydrogen (secondary N) is 2. The highest BCUT2D eigenvalue weighted by Gasteiger charge is 2.03. The fourth-order valence-corrected chi connectivity index (χ4v) is 3.38. The van der Waals surface area contributed by atoms with Crippen molar-refractivity contribution < 1.29 is 0 Å². The summed E-state index contributed by atoms with van der Waals surface area (Å²) in [5.41, 5.74) is 2.21. The molecule has 18 heavy (non-hydrogen) atoms. The molecule has 0 bridgehead atoms. The molecule has 0 unspecified atom stereocenters. The second kappa shape index (κ2) is 5.22. The smallest absolute Gasteiger partial charge is 0.137 e. The molecule has 0 atom stereocenters. The fourth-order valence-electron chi connectivity index (χ4n) is 1.93. The van der Waals surface area contributed by atoms with E-state index in [2.05, 4.69) is 49.4 Å². The van der Waals surface area contributed by atoms with E-state index in [1.165, 1.54) is 19.6 Å². The summed E-state index contributed by atoms with van der Waals surface area (Å²) in [6.07, 6.45) is 3.83. The second-order valence-corrected chi connectivity index (χ2v) is 6.57. The van der Waals surface area contributed by atoms with Crippen LogP contribution in [0.4, 0.5) is 0 Å². The molecule has 0 fully saturated rings. The van der Waals surface area contributed by atoms with Gasteiger partial charge in [0.25, 0.3) is 0 Å². The minimum Gasteiger partial charge on any atom is -0.346 e. The van der Waals surface area contributed by atoms with Crippen molar-refractivity contribution >= 4 is 38.3 Å². The van der Waals surface area contributed by atoms with Gasteiger partial charge in [0.05, 0.1) is 3.79 Å². The number of rotatable bonds is 4. The number of thiophene rings is 1. The normalized spacial score (nSPS) is 11.2. The molecule has 3 rings (SSSR count). The maximum atomic E-state index is 4.28. The van der Waals surface area contributed by atoms with Crippen molar-refractivity contribution in [1.82, 2.24) is 15.3 Å². The van der Waals surface area contributed by atoms with Gasteiger partial charge >= 0.3 is 0 Å². The van der Waals surface area contributed by atoms with Crippen LogP contribution in [-0.4, -0.2) is 9.97 Å². The highest BCUT2D eigenvalue weighted by molar-refractivity contribution is 9.11. The Morgan fingerprint density at radius 3 is 3.06 bits per heavy atom. The first kappa shape index (κ1) is 11.9. The van der Waals surface area contributed by atoms with Crippen molar-refractivity contribution in [3.8, 4) is 0 Å². The molecule has 0 radical (unpaired) electrons.